The van der Waals surface area contributed by atoms with Crippen molar-refractivity contribution in [2.45, 2.75) is 19.8 Å². The third kappa shape index (κ3) is 5.49. The summed E-state index contributed by atoms with van der Waals surface area (Å²) >= 11 is 0. The molecule has 1 saturated carbocycles. The molecule has 0 aromatic heterocycles. The predicted octanol–water partition coefficient (Wildman–Crippen LogP) is 3.75. The molecule has 3 amide bonds. The topological polar surface area (TPSA) is 96.5 Å². The summed E-state index contributed by atoms with van der Waals surface area (Å²) in [6, 6.07) is 18.2. The Morgan fingerprint density at radius 3 is 2.27 bits per heavy atom. The van der Waals surface area contributed by atoms with Crippen molar-refractivity contribution in [2.24, 2.45) is 5.92 Å². The van der Waals surface area contributed by atoms with Gasteiger partial charge in [-0.05, 0) is 60.9 Å². The van der Waals surface area contributed by atoms with Crippen molar-refractivity contribution in [1.29, 1.82) is 0 Å². The summed E-state index contributed by atoms with van der Waals surface area (Å²) in [5, 5.41) is 10.3. The molecule has 0 atom stereocenters. The van der Waals surface area contributed by atoms with Gasteiger partial charge in [-0.25, -0.2) is 0 Å². The summed E-state index contributed by atoms with van der Waals surface area (Å²) in [5.41, 5.74) is 1.65. The number of fused-ring (bicyclic) bond motifs is 1. The van der Waals surface area contributed by atoms with E-state index in [4.69, 9.17) is 4.74 Å². The van der Waals surface area contributed by atoms with E-state index in [1.165, 1.54) is 0 Å². The van der Waals surface area contributed by atoms with Crippen LogP contribution in [0.4, 0.5) is 5.69 Å². The normalized spacial score (nSPS) is 12.8. The summed E-state index contributed by atoms with van der Waals surface area (Å²) in [6.07, 6.45) is 1.88. The van der Waals surface area contributed by atoms with Crippen LogP contribution in [-0.2, 0) is 4.79 Å². The van der Waals surface area contributed by atoms with Crippen LogP contribution >= 0.6 is 0 Å². The van der Waals surface area contributed by atoms with Gasteiger partial charge in [0, 0.05) is 30.3 Å². The van der Waals surface area contributed by atoms with Crippen molar-refractivity contribution in [3.63, 3.8) is 0 Å². The maximum atomic E-state index is 12.9. The van der Waals surface area contributed by atoms with Gasteiger partial charge in [-0.1, -0.05) is 30.3 Å². The highest BCUT2D eigenvalue weighted by atomic mass is 16.5. The molecule has 3 aromatic rings. The lowest BCUT2D eigenvalue weighted by molar-refractivity contribution is -0.117. The first-order valence-corrected chi connectivity index (χ1v) is 11.2. The van der Waals surface area contributed by atoms with Crippen molar-refractivity contribution in [3.05, 3.63) is 71.8 Å². The fourth-order valence-corrected chi connectivity index (χ4v) is 3.60. The zero-order valence-corrected chi connectivity index (χ0v) is 18.5. The fourth-order valence-electron chi connectivity index (χ4n) is 3.60. The van der Waals surface area contributed by atoms with Gasteiger partial charge in [-0.2, -0.15) is 0 Å². The number of amides is 3. The number of nitrogens with one attached hydrogen (secondary N) is 3. The van der Waals surface area contributed by atoms with Crippen molar-refractivity contribution < 1.29 is 19.1 Å². The number of hydrogen-bond acceptors (Lipinski definition) is 4. The van der Waals surface area contributed by atoms with Crippen molar-refractivity contribution >= 4 is 34.2 Å². The van der Waals surface area contributed by atoms with Crippen LogP contribution in [0.1, 0.15) is 40.5 Å². The zero-order valence-electron chi connectivity index (χ0n) is 18.5. The standard InChI is InChI=1S/C26H27N3O4/c1-2-33-22-14-11-17-5-3-4-6-21(17)23(22)26(32)28-16-15-27-24(30)18-9-12-20(13-10-18)29-25(31)19-7-8-19/h3-6,9-14,19H,2,7-8,15-16H2,1H3,(H,27,30)(H,28,32)(H,29,31). The van der Waals surface area contributed by atoms with E-state index in [0.717, 1.165) is 23.6 Å². The third-order valence-electron chi connectivity index (χ3n) is 5.48. The Balaban J connectivity index is 1.31. The van der Waals surface area contributed by atoms with Gasteiger partial charge >= 0.3 is 0 Å². The van der Waals surface area contributed by atoms with Crippen molar-refractivity contribution in [3.8, 4) is 5.75 Å². The average Bonchev–Trinajstić information content (AvgIpc) is 3.68. The van der Waals surface area contributed by atoms with Gasteiger partial charge in [-0.3, -0.25) is 14.4 Å². The highest BCUT2D eigenvalue weighted by molar-refractivity contribution is 6.09. The number of carbonyl (C=O) groups is 3. The minimum Gasteiger partial charge on any atom is -0.493 e. The monoisotopic (exact) mass is 445 g/mol. The molecule has 7 heteroatoms. The largest absolute Gasteiger partial charge is 0.493 e. The van der Waals surface area contributed by atoms with Gasteiger partial charge in [0.05, 0.1) is 12.2 Å². The first kappa shape index (κ1) is 22.3. The molecule has 4 rings (SSSR count). The SMILES string of the molecule is CCOc1ccc2ccccc2c1C(=O)NCCNC(=O)c1ccc(NC(=O)C2CC2)cc1. The zero-order chi connectivity index (χ0) is 23.2. The first-order valence-electron chi connectivity index (χ1n) is 11.2. The van der Waals surface area contributed by atoms with Gasteiger partial charge in [0.25, 0.3) is 11.8 Å². The summed E-state index contributed by atoms with van der Waals surface area (Å²) < 4.78 is 5.66. The first-order chi connectivity index (χ1) is 16.1. The Hall–Kier alpha value is -3.87. The maximum absolute atomic E-state index is 12.9. The van der Waals surface area contributed by atoms with Crippen LogP contribution < -0.4 is 20.7 Å². The minimum atomic E-state index is -0.250. The Morgan fingerprint density at radius 1 is 0.879 bits per heavy atom. The number of rotatable bonds is 9. The van der Waals surface area contributed by atoms with Crippen LogP contribution in [0.5, 0.6) is 5.75 Å². The number of anilines is 1. The van der Waals surface area contributed by atoms with Gasteiger partial charge in [0.1, 0.15) is 5.75 Å². The molecule has 170 valence electrons. The molecule has 1 fully saturated rings. The van der Waals surface area contributed by atoms with Crippen LogP contribution in [0.2, 0.25) is 0 Å². The van der Waals surface area contributed by atoms with Gasteiger partial charge in [0.15, 0.2) is 0 Å². The van der Waals surface area contributed by atoms with Crippen LogP contribution in [0.3, 0.4) is 0 Å². The van der Waals surface area contributed by atoms with E-state index >= 15 is 0 Å². The molecule has 0 saturated heterocycles. The quantitative estimate of drug-likeness (QED) is 0.437. The lowest BCUT2D eigenvalue weighted by Gasteiger charge is -2.14. The number of hydrogen-bond donors (Lipinski definition) is 3. The molecule has 1 aliphatic rings. The van der Waals surface area contributed by atoms with Crippen molar-refractivity contribution in [2.75, 3.05) is 25.0 Å². The van der Waals surface area contributed by atoms with Crippen LogP contribution in [0, 0.1) is 5.92 Å². The molecule has 33 heavy (non-hydrogen) atoms. The molecule has 0 aliphatic heterocycles. The second-order valence-corrected chi connectivity index (χ2v) is 7.95. The molecule has 1 aliphatic carbocycles. The number of carbonyl (C=O) groups excluding carboxylic acids is 3. The fraction of sp³-hybridized carbons (Fsp3) is 0.269. The molecule has 0 radical (unpaired) electrons. The smallest absolute Gasteiger partial charge is 0.255 e. The molecular formula is C26H27N3O4. The summed E-state index contributed by atoms with van der Waals surface area (Å²) in [4.78, 5) is 37.1. The summed E-state index contributed by atoms with van der Waals surface area (Å²) in [7, 11) is 0. The van der Waals surface area contributed by atoms with Crippen LogP contribution in [-0.4, -0.2) is 37.4 Å². The van der Waals surface area contributed by atoms with E-state index in [2.05, 4.69) is 16.0 Å². The Morgan fingerprint density at radius 2 is 1.58 bits per heavy atom. The van der Waals surface area contributed by atoms with E-state index in [1.807, 2.05) is 37.3 Å². The van der Waals surface area contributed by atoms with Crippen LogP contribution in [0.15, 0.2) is 60.7 Å². The molecule has 7 nitrogen and oxygen atoms in total. The van der Waals surface area contributed by atoms with Gasteiger partial charge in [-0.15, -0.1) is 0 Å². The molecule has 3 aromatic carbocycles. The van der Waals surface area contributed by atoms with E-state index in [1.54, 1.807) is 30.3 Å². The lowest BCUT2D eigenvalue weighted by Crippen LogP contribution is -2.35. The molecular weight excluding hydrogens is 418 g/mol. The predicted molar refractivity (Wildman–Crippen MR) is 128 cm³/mol. The number of benzene rings is 3. The molecule has 3 N–H and O–H groups in total. The summed E-state index contributed by atoms with van der Waals surface area (Å²) in [6.45, 7) is 2.88. The minimum absolute atomic E-state index is 0.0293. The van der Waals surface area contributed by atoms with E-state index in [0.29, 0.717) is 29.2 Å². The molecule has 0 bridgehead atoms. The Kier molecular flexibility index (Phi) is 6.88. The second-order valence-electron chi connectivity index (χ2n) is 7.95. The van der Waals surface area contributed by atoms with Crippen LogP contribution in [0.25, 0.3) is 10.8 Å². The van der Waals surface area contributed by atoms with E-state index in [-0.39, 0.29) is 36.7 Å². The molecule has 0 spiro atoms. The van der Waals surface area contributed by atoms with E-state index in [9.17, 15) is 14.4 Å². The lowest BCUT2D eigenvalue weighted by atomic mass is 10.0. The highest BCUT2D eigenvalue weighted by Gasteiger charge is 2.29. The second kappa shape index (κ2) is 10.2. The third-order valence-corrected chi connectivity index (χ3v) is 5.48. The Labute approximate surface area is 192 Å². The molecule has 0 unspecified atom stereocenters. The summed E-state index contributed by atoms with van der Waals surface area (Å²) in [5.74, 6) is 0.194. The highest BCUT2D eigenvalue weighted by Crippen LogP contribution is 2.30. The van der Waals surface area contributed by atoms with Gasteiger partial charge in [0.2, 0.25) is 5.91 Å². The molecule has 0 heterocycles. The van der Waals surface area contributed by atoms with Crippen molar-refractivity contribution in [1.82, 2.24) is 10.6 Å². The number of ether oxygens (including phenoxy) is 1. The van der Waals surface area contributed by atoms with Gasteiger partial charge < -0.3 is 20.7 Å². The van der Waals surface area contributed by atoms with E-state index < -0.39 is 0 Å². The average molecular weight is 446 g/mol. The maximum Gasteiger partial charge on any atom is 0.255 e. The Bertz CT molecular complexity index is 1170.